The second kappa shape index (κ2) is 5.53. The molecule has 1 aromatic carbocycles. The Labute approximate surface area is 145 Å². The first-order valence-corrected chi connectivity index (χ1v) is 8.26. The molecule has 0 spiro atoms. The third kappa shape index (κ3) is 2.98. The summed E-state index contributed by atoms with van der Waals surface area (Å²) in [5.74, 6) is 0.948. The first-order chi connectivity index (χ1) is 10.7. The SMILES string of the molecule is CC(=O)Nc1nc(C)c([C@@H]2[C@@H](c3cc(Cl)cc(Cl)c3)C2(C)C)[nH]1. The van der Waals surface area contributed by atoms with Crippen molar-refractivity contribution in [1.82, 2.24) is 9.97 Å². The van der Waals surface area contributed by atoms with E-state index >= 15 is 0 Å². The number of nitrogens with one attached hydrogen (secondary N) is 2. The number of carbonyl (C=O) groups excluding carboxylic acids is 1. The zero-order valence-corrected chi connectivity index (χ0v) is 15.0. The summed E-state index contributed by atoms with van der Waals surface area (Å²) in [5.41, 5.74) is 3.16. The molecule has 1 aliphatic rings. The molecule has 0 aliphatic heterocycles. The lowest BCUT2D eigenvalue weighted by molar-refractivity contribution is -0.114. The van der Waals surface area contributed by atoms with Crippen LogP contribution in [0.25, 0.3) is 0 Å². The van der Waals surface area contributed by atoms with E-state index in [1.165, 1.54) is 6.92 Å². The van der Waals surface area contributed by atoms with Crippen LogP contribution in [0.2, 0.25) is 10.0 Å². The average molecular weight is 352 g/mol. The van der Waals surface area contributed by atoms with Crippen LogP contribution in [-0.2, 0) is 4.79 Å². The Hall–Kier alpha value is -1.52. The topological polar surface area (TPSA) is 57.8 Å². The van der Waals surface area contributed by atoms with Gasteiger partial charge in [0.1, 0.15) is 0 Å². The highest BCUT2D eigenvalue weighted by Crippen LogP contribution is 2.70. The number of imidazole rings is 1. The first-order valence-electron chi connectivity index (χ1n) is 7.50. The van der Waals surface area contributed by atoms with Crippen molar-refractivity contribution in [2.45, 2.75) is 39.5 Å². The Balaban J connectivity index is 1.95. The number of carbonyl (C=O) groups is 1. The summed E-state index contributed by atoms with van der Waals surface area (Å²) in [4.78, 5) is 18.9. The van der Waals surface area contributed by atoms with E-state index in [9.17, 15) is 4.79 Å². The molecule has 0 unspecified atom stereocenters. The van der Waals surface area contributed by atoms with E-state index in [4.69, 9.17) is 23.2 Å². The largest absolute Gasteiger partial charge is 0.327 e. The quantitative estimate of drug-likeness (QED) is 0.826. The van der Waals surface area contributed by atoms with Gasteiger partial charge in [-0.05, 0) is 42.0 Å². The van der Waals surface area contributed by atoms with Gasteiger partial charge >= 0.3 is 0 Å². The molecule has 0 saturated heterocycles. The highest BCUT2D eigenvalue weighted by molar-refractivity contribution is 6.34. The molecule has 6 heteroatoms. The number of aryl methyl sites for hydroxylation is 1. The number of amides is 1. The number of benzene rings is 1. The molecule has 2 atom stereocenters. The third-order valence-corrected chi connectivity index (χ3v) is 5.04. The van der Waals surface area contributed by atoms with E-state index in [0.717, 1.165) is 17.0 Å². The van der Waals surface area contributed by atoms with E-state index in [0.29, 0.717) is 21.9 Å². The van der Waals surface area contributed by atoms with Gasteiger partial charge in [-0.2, -0.15) is 0 Å². The molecule has 3 rings (SSSR count). The summed E-state index contributed by atoms with van der Waals surface area (Å²) in [5, 5.41) is 4.00. The standard InChI is InChI=1S/C17H19Cl2N3O/c1-8-15(22-16(20-8)21-9(2)23)14-13(17(14,3)4)10-5-11(18)7-12(19)6-10/h5-7,13-14H,1-4H3,(H2,20,21,22,23)/t13-,14+/m1/s1. The highest BCUT2D eigenvalue weighted by Gasteiger charge is 2.60. The van der Waals surface area contributed by atoms with Crippen LogP contribution in [-0.4, -0.2) is 15.9 Å². The molecule has 0 radical (unpaired) electrons. The smallest absolute Gasteiger partial charge is 0.223 e. The van der Waals surface area contributed by atoms with Crippen molar-refractivity contribution in [3.8, 4) is 0 Å². The van der Waals surface area contributed by atoms with Crippen LogP contribution in [0.1, 0.15) is 49.6 Å². The van der Waals surface area contributed by atoms with Crippen LogP contribution in [0.5, 0.6) is 0 Å². The zero-order valence-electron chi connectivity index (χ0n) is 13.5. The number of halogens is 2. The predicted molar refractivity (Wildman–Crippen MR) is 93.4 cm³/mol. The maximum absolute atomic E-state index is 11.2. The number of rotatable bonds is 3. The maximum Gasteiger partial charge on any atom is 0.223 e. The molecular weight excluding hydrogens is 333 g/mol. The molecular formula is C17H19Cl2N3O. The Bertz CT molecular complexity index is 762. The zero-order chi connectivity index (χ0) is 16.9. The third-order valence-electron chi connectivity index (χ3n) is 4.60. The number of H-pyrrole nitrogens is 1. The van der Waals surface area contributed by atoms with E-state index < -0.39 is 0 Å². The van der Waals surface area contributed by atoms with Crippen molar-refractivity contribution in [3.05, 3.63) is 45.2 Å². The van der Waals surface area contributed by atoms with Gasteiger partial charge in [-0.15, -0.1) is 0 Å². The predicted octanol–water partition coefficient (Wildman–Crippen LogP) is 4.89. The summed E-state index contributed by atoms with van der Waals surface area (Å²) in [7, 11) is 0. The molecule has 2 N–H and O–H groups in total. The number of anilines is 1. The van der Waals surface area contributed by atoms with Crippen LogP contribution in [0, 0.1) is 12.3 Å². The molecule has 2 aromatic rings. The lowest BCUT2D eigenvalue weighted by atomic mass is 10.0. The van der Waals surface area contributed by atoms with Gasteiger partial charge in [-0.3, -0.25) is 10.1 Å². The van der Waals surface area contributed by atoms with E-state index in [1.54, 1.807) is 6.07 Å². The van der Waals surface area contributed by atoms with Crippen LogP contribution >= 0.6 is 23.2 Å². The highest BCUT2D eigenvalue weighted by atomic mass is 35.5. The van der Waals surface area contributed by atoms with Gasteiger partial charge in [-0.1, -0.05) is 37.0 Å². The van der Waals surface area contributed by atoms with Gasteiger partial charge in [0.2, 0.25) is 11.9 Å². The molecule has 1 saturated carbocycles. The van der Waals surface area contributed by atoms with Crippen molar-refractivity contribution < 1.29 is 4.79 Å². The monoisotopic (exact) mass is 351 g/mol. The van der Waals surface area contributed by atoms with E-state index in [-0.39, 0.29) is 17.2 Å². The molecule has 1 aromatic heterocycles. The molecule has 4 nitrogen and oxygen atoms in total. The Morgan fingerprint density at radius 1 is 1.22 bits per heavy atom. The number of hydrogen-bond donors (Lipinski definition) is 2. The van der Waals surface area contributed by atoms with E-state index in [1.807, 2.05) is 19.1 Å². The number of nitrogens with zero attached hydrogens (tertiary/aromatic N) is 1. The van der Waals surface area contributed by atoms with Gasteiger partial charge in [0.05, 0.1) is 5.69 Å². The number of aromatic nitrogens is 2. The molecule has 1 aliphatic carbocycles. The average Bonchev–Trinajstić information content (AvgIpc) is 2.77. The second-order valence-electron chi connectivity index (χ2n) is 6.75. The van der Waals surface area contributed by atoms with E-state index in [2.05, 4.69) is 29.1 Å². The number of aromatic amines is 1. The molecule has 1 heterocycles. The Kier molecular flexibility index (Phi) is 3.93. The first kappa shape index (κ1) is 16.3. The summed E-state index contributed by atoms with van der Waals surface area (Å²) in [6.45, 7) is 7.86. The minimum atomic E-state index is -0.140. The molecule has 23 heavy (non-hydrogen) atoms. The Morgan fingerprint density at radius 3 is 2.39 bits per heavy atom. The maximum atomic E-state index is 11.2. The number of hydrogen-bond acceptors (Lipinski definition) is 2. The minimum absolute atomic E-state index is 0.0683. The summed E-state index contributed by atoms with van der Waals surface area (Å²) in [6.07, 6.45) is 0. The fourth-order valence-corrected chi connectivity index (χ4v) is 4.10. The molecule has 1 fully saturated rings. The van der Waals surface area contributed by atoms with Gasteiger partial charge in [0, 0.05) is 28.6 Å². The molecule has 0 bridgehead atoms. The normalized spacial score (nSPS) is 22.0. The van der Waals surface area contributed by atoms with Crippen LogP contribution in [0.15, 0.2) is 18.2 Å². The second-order valence-corrected chi connectivity index (χ2v) is 7.62. The molecule has 1 amide bonds. The summed E-state index contributed by atoms with van der Waals surface area (Å²) >= 11 is 12.3. The van der Waals surface area contributed by atoms with Gasteiger partial charge in [-0.25, -0.2) is 4.98 Å². The van der Waals surface area contributed by atoms with Crippen LogP contribution in [0.3, 0.4) is 0 Å². The van der Waals surface area contributed by atoms with Crippen molar-refractivity contribution in [2.24, 2.45) is 5.41 Å². The fourth-order valence-electron chi connectivity index (χ4n) is 3.56. The Morgan fingerprint density at radius 2 is 1.83 bits per heavy atom. The van der Waals surface area contributed by atoms with Gasteiger partial charge in [0.15, 0.2) is 0 Å². The van der Waals surface area contributed by atoms with Gasteiger partial charge < -0.3 is 4.98 Å². The van der Waals surface area contributed by atoms with Crippen molar-refractivity contribution >= 4 is 35.1 Å². The summed E-state index contributed by atoms with van der Waals surface area (Å²) in [6, 6.07) is 5.69. The van der Waals surface area contributed by atoms with Crippen molar-refractivity contribution in [3.63, 3.8) is 0 Å². The molecule has 122 valence electrons. The lowest BCUT2D eigenvalue weighted by Crippen LogP contribution is -2.07. The van der Waals surface area contributed by atoms with Crippen LogP contribution < -0.4 is 5.32 Å². The minimum Gasteiger partial charge on any atom is -0.327 e. The van der Waals surface area contributed by atoms with Gasteiger partial charge in [0.25, 0.3) is 0 Å². The van der Waals surface area contributed by atoms with Crippen molar-refractivity contribution in [1.29, 1.82) is 0 Å². The van der Waals surface area contributed by atoms with Crippen LogP contribution in [0.4, 0.5) is 5.95 Å². The summed E-state index contributed by atoms with van der Waals surface area (Å²) < 4.78 is 0. The lowest BCUT2D eigenvalue weighted by Gasteiger charge is -2.04. The fraction of sp³-hybridized carbons (Fsp3) is 0.412. The van der Waals surface area contributed by atoms with Crippen molar-refractivity contribution in [2.75, 3.05) is 5.32 Å².